The van der Waals surface area contributed by atoms with E-state index in [2.05, 4.69) is 15.6 Å². The first kappa shape index (κ1) is 10.6. The van der Waals surface area contributed by atoms with Crippen LogP contribution in [0.15, 0.2) is 6.20 Å². The highest BCUT2D eigenvalue weighted by molar-refractivity contribution is 7.13. The molecule has 1 unspecified atom stereocenters. The summed E-state index contributed by atoms with van der Waals surface area (Å²) in [5, 5.41) is 7.22. The molecule has 2 N–H and O–H groups in total. The smallest absolute Gasteiger partial charge is 0.263 e. The molecule has 2 heterocycles. The van der Waals surface area contributed by atoms with E-state index >= 15 is 0 Å². The van der Waals surface area contributed by atoms with Gasteiger partial charge in [0.2, 0.25) is 0 Å². The lowest BCUT2D eigenvalue weighted by Gasteiger charge is -2.23. The highest BCUT2D eigenvalue weighted by atomic mass is 32.1. The number of carbonyl (C=O) groups is 1. The number of hydrogen-bond acceptors (Lipinski definition) is 4. The summed E-state index contributed by atoms with van der Waals surface area (Å²) in [6.45, 7) is 3.85. The van der Waals surface area contributed by atoms with Crippen LogP contribution in [-0.4, -0.2) is 30.0 Å². The van der Waals surface area contributed by atoms with Crippen molar-refractivity contribution in [1.29, 1.82) is 0 Å². The molecule has 4 nitrogen and oxygen atoms in total. The molecular formula is C10H15N3OS. The quantitative estimate of drug-likeness (QED) is 0.787. The average Bonchev–Trinajstić information content (AvgIpc) is 2.66. The van der Waals surface area contributed by atoms with E-state index in [1.54, 1.807) is 6.20 Å². The Morgan fingerprint density at radius 1 is 1.73 bits per heavy atom. The molecule has 0 spiro atoms. The maximum absolute atomic E-state index is 11.8. The highest BCUT2D eigenvalue weighted by Gasteiger charge is 2.17. The highest BCUT2D eigenvalue weighted by Crippen LogP contribution is 2.12. The molecule has 0 radical (unpaired) electrons. The van der Waals surface area contributed by atoms with Gasteiger partial charge < -0.3 is 10.6 Å². The van der Waals surface area contributed by atoms with E-state index in [1.165, 1.54) is 11.3 Å². The van der Waals surface area contributed by atoms with Crippen LogP contribution in [0.2, 0.25) is 0 Å². The molecule has 1 fully saturated rings. The van der Waals surface area contributed by atoms with E-state index in [4.69, 9.17) is 0 Å². The molecular weight excluding hydrogens is 210 g/mol. The summed E-state index contributed by atoms with van der Waals surface area (Å²) in [6.07, 6.45) is 3.84. The third-order valence-electron chi connectivity index (χ3n) is 2.48. The maximum atomic E-state index is 11.8. The first-order chi connectivity index (χ1) is 7.25. The van der Waals surface area contributed by atoms with E-state index < -0.39 is 0 Å². The number of amides is 1. The van der Waals surface area contributed by atoms with Crippen molar-refractivity contribution < 1.29 is 4.79 Å². The van der Waals surface area contributed by atoms with Crippen LogP contribution in [0.4, 0.5) is 0 Å². The van der Waals surface area contributed by atoms with Crippen LogP contribution in [0.1, 0.15) is 27.5 Å². The average molecular weight is 225 g/mol. The van der Waals surface area contributed by atoms with Crippen LogP contribution >= 0.6 is 11.3 Å². The summed E-state index contributed by atoms with van der Waals surface area (Å²) in [4.78, 5) is 16.5. The van der Waals surface area contributed by atoms with Gasteiger partial charge in [-0.25, -0.2) is 4.98 Å². The molecule has 0 bridgehead atoms. The van der Waals surface area contributed by atoms with Crippen molar-refractivity contribution in [2.45, 2.75) is 25.8 Å². The summed E-state index contributed by atoms with van der Waals surface area (Å²) in [7, 11) is 0. The van der Waals surface area contributed by atoms with E-state index in [1.807, 2.05) is 6.92 Å². The Morgan fingerprint density at radius 2 is 2.60 bits per heavy atom. The summed E-state index contributed by atoms with van der Waals surface area (Å²) < 4.78 is 0. The first-order valence-electron chi connectivity index (χ1n) is 5.20. The van der Waals surface area contributed by atoms with Crippen LogP contribution in [0.3, 0.4) is 0 Å². The number of aromatic nitrogens is 1. The molecule has 2 rings (SSSR count). The van der Waals surface area contributed by atoms with E-state index in [0.29, 0.717) is 4.88 Å². The van der Waals surface area contributed by atoms with Gasteiger partial charge in [0.1, 0.15) is 4.88 Å². The molecule has 1 aliphatic heterocycles. The standard InChI is InChI=1S/C10H15N3OS/c1-7-12-6-9(15-7)10(14)13-8-3-2-4-11-5-8/h6,8,11H,2-5H2,1H3,(H,13,14). The number of carbonyl (C=O) groups excluding carboxylic acids is 1. The summed E-state index contributed by atoms with van der Waals surface area (Å²) >= 11 is 1.44. The fourth-order valence-electron chi connectivity index (χ4n) is 1.70. The molecule has 5 heteroatoms. The minimum Gasteiger partial charge on any atom is -0.347 e. The molecule has 1 amide bonds. The van der Waals surface area contributed by atoms with Crippen molar-refractivity contribution in [3.8, 4) is 0 Å². The van der Waals surface area contributed by atoms with E-state index in [0.717, 1.165) is 30.9 Å². The number of nitrogens with zero attached hydrogens (tertiary/aromatic N) is 1. The fraction of sp³-hybridized carbons (Fsp3) is 0.600. The van der Waals surface area contributed by atoms with Crippen LogP contribution in [0.5, 0.6) is 0 Å². The lowest BCUT2D eigenvalue weighted by Crippen LogP contribution is -2.45. The molecule has 0 saturated carbocycles. The van der Waals surface area contributed by atoms with Gasteiger partial charge in [-0.3, -0.25) is 4.79 Å². The molecule has 0 aliphatic carbocycles. The maximum Gasteiger partial charge on any atom is 0.263 e. The Balaban J connectivity index is 1.91. The van der Waals surface area contributed by atoms with Gasteiger partial charge in [0.25, 0.3) is 5.91 Å². The Labute approximate surface area is 93.1 Å². The third kappa shape index (κ3) is 2.76. The second kappa shape index (κ2) is 4.72. The van der Waals surface area contributed by atoms with Crippen LogP contribution in [-0.2, 0) is 0 Å². The van der Waals surface area contributed by atoms with Gasteiger partial charge in [-0.15, -0.1) is 11.3 Å². The normalized spacial score (nSPS) is 21.3. The van der Waals surface area contributed by atoms with Gasteiger partial charge in [-0.2, -0.15) is 0 Å². The van der Waals surface area contributed by atoms with Crippen molar-refractivity contribution in [1.82, 2.24) is 15.6 Å². The van der Waals surface area contributed by atoms with E-state index in [-0.39, 0.29) is 11.9 Å². The summed E-state index contributed by atoms with van der Waals surface area (Å²) in [6, 6.07) is 0.272. The largest absolute Gasteiger partial charge is 0.347 e. The van der Waals surface area contributed by atoms with Crippen molar-refractivity contribution in [3.63, 3.8) is 0 Å². The van der Waals surface area contributed by atoms with Crippen molar-refractivity contribution in [3.05, 3.63) is 16.1 Å². The molecule has 1 aromatic heterocycles. The fourth-order valence-corrected chi connectivity index (χ4v) is 2.38. The zero-order valence-electron chi connectivity index (χ0n) is 8.75. The monoisotopic (exact) mass is 225 g/mol. The minimum atomic E-state index is 0.00861. The number of nitrogens with one attached hydrogen (secondary N) is 2. The second-order valence-electron chi connectivity index (χ2n) is 3.76. The van der Waals surface area contributed by atoms with Gasteiger partial charge in [-0.05, 0) is 26.3 Å². The molecule has 82 valence electrons. The van der Waals surface area contributed by atoms with Crippen LogP contribution in [0.25, 0.3) is 0 Å². The Morgan fingerprint density at radius 3 is 3.20 bits per heavy atom. The topological polar surface area (TPSA) is 54.0 Å². The lowest BCUT2D eigenvalue weighted by molar-refractivity contribution is 0.0934. The van der Waals surface area contributed by atoms with Crippen molar-refractivity contribution in [2.24, 2.45) is 0 Å². The van der Waals surface area contributed by atoms with Gasteiger partial charge in [-0.1, -0.05) is 0 Å². The second-order valence-corrected chi connectivity index (χ2v) is 5.00. The van der Waals surface area contributed by atoms with Crippen molar-refractivity contribution in [2.75, 3.05) is 13.1 Å². The number of hydrogen-bond donors (Lipinski definition) is 2. The van der Waals surface area contributed by atoms with E-state index in [9.17, 15) is 4.79 Å². The number of thiazole rings is 1. The molecule has 0 aromatic carbocycles. The molecule has 1 atom stereocenters. The summed E-state index contributed by atoms with van der Waals surface area (Å²) in [5.41, 5.74) is 0. The van der Waals surface area contributed by atoms with Crippen molar-refractivity contribution >= 4 is 17.2 Å². The minimum absolute atomic E-state index is 0.00861. The number of piperidine rings is 1. The number of rotatable bonds is 2. The Kier molecular flexibility index (Phi) is 3.33. The van der Waals surface area contributed by atoms with Gasteiger partial charge >= 0.3 is 0 Å². The van der Waals surface area contributed by atoms with Crippen LogP contribution < -0.4 is 10.6 Å². The lowest BCUT2D eigenvalue weighted by atomic mass is 10.1. The zero-order valence-corrected chi connectivity index (χ0v) is 9.56. The first-order valence-corrected chi connectivity index (χ1v) is 6.01. The predicted molar refractivity (Wildman–Crippen MR) is 60.2 cm³/mol. The van der Waals surface area contributed by atoms with Gasteiger partial charge in [0, 0.05) is 12.6 Å². The molecule has 1 aromatic rings. The predicted octanol–water partition coefficient (Wildman–Crippen LogP) is 0.933. The molecule has 1 saturated heterocycles. The summed E-state index contributed by atoms with van der Waals surface area (Å²) in [5.74, 6) is 0.00861. The Bertz CT molecular complexity index is 344. The molecule has 15 heavy (non-hydrogen) atoms. The SMILES string of the molecule is Cc1ncc(C(=O)NC2CCCNC2)s1. The van der Waals surface area contributed by atoms with Gasteiger partial charge in [0.15, 0.2) is 0 Å². The third-order valence-corrected chi connectivity index (χ3v) is 3.39. The van der Waals surface area contributed by atoms with Gasteiger partial charge in [0.05, 0.1) is 11.2 Å². The number of aryl methyl sites for hydroxylation is 1. The Hall–Kier alpha value is -0.940. The van der Waals surface area contributed by atoms with Crippen LogP contribution in [0, 0.1) is 6.92 Å². The molecule has 1 aliphatic rings. The zero-order chi connectivity index (χ0) is 10.7.